The topological polar surface area (TPSA) is 28.7 Å². The third-order valence-corrected chi connectivity index (χ3v) is 6.61. The van der Waals surface area contributed by atoms with E-state index in [0.717, 1.165) is 19.3 Å². The van der Waals surface area contributed by atoms with Gasteiger partial charge in [-0.1, -0.05) is 101 Å². The number of fused-ring (bicyclic) bond motifs is 1. The number of hydrogen-bond acceptors (Lipinski definition) is 1. The van der Waals surface area contributed by atoms with Crippen LogP contribution in [-0.4, -0.2) is 9.97 Å². The zero-order valence-electron chi connectivity index (χ0n) is 20.6. The molecule has 0 spiro atoms. The van der Waals surface area contributed by atoms with Gasteiger partial charge in [0, 0.05) is 22.2 Å². The smallest absolute Gasteiger partial charge is 0.0579 e. The monoisotopic (exact) mass is 438 g/mol. The molecule has 0 fully saturated rings. The van der Waals surface area contributed by atoms with Gasteiger partial charge in [0.05, 0.1) is 16.9 Å². The Hall–Kier alpha value is -2.87. The van der Waals surface area contributed by atoms with E-state index in [4.69, 9.17) is 4.98 Å². The molecule has 2 nitrogen and oxygen atoms in total. The lowest BCUT2D eigenvalue weighted by Gasteiger charge is -2.15. The van der Waals surface area contributed by atoms with Crippen molar-refractivity contribution in [3.63, 3.8) is 0 Å². The number of aromatic amines is 1. The van der Waals surface area contributed by atoms with Crippen LogP contribution in [0.5, 0.6) is 0 Å². The zero-order valence-corrected chi connectivity index (χ0v) is 20.6. The molecular formula is C31H38N2. The Labute approximate surface area is 199 Å². The van der Waals surface area contributed by atoms with Gasteiger partial charge in [0.15, 0.2) is 0 Å². The molecule has 0 bridgehead atoms. The highest BCUT2D eigenvalue weighted by molar-refractivity contribution is 6.06. The van der Waals surface area contributed by atoms with Crippen molar-refractivity contribution < 1.29 is 0 Å². The molecule has 2 aromatic carbocycles. The van der Waals surface area contributed by atoms with Crippen LogP contribution in [0.1, 0.15) is 76.4 Å². The van der Waals surface area contributed by atoms with Gasteiger partial charge in [-0.15, -0.1) is 0 Å². The number of nitrogens with zero attached hydrogens (tertiary/aromatic N) is 1. The van der Waals surface area contributed by atoms with Crippen molar-refractivity contribution in [3.05, 3.63) is 77.7 Å². The number of rotatable bonds is 11. The summed E-state index contributed by atoms with van der Waals surface area (Å²) in [6, 6.07) is 21.8. The van der Waals surface area contributed by atoms with Crippen molar-refractivity contribution in [3.8, 4) is 22.3 Å². The van der Waals surface area contributed by atoms with Gasteiger partial charge in [-0.2, -0.15) is 0 Å². The van der Waals surface area contributed by atoms with Crippen LogP contribution in [0.25, 0.3) is 33.2 Å². The Morgan fingerprint density at radius 1 is 0.606 bits per heavy atom. The number of benzene rings is 2. The first-order chi connectivity index (χ1) is 16.3. The van der Waals surface area contributed by atoms with Gasteiger partial charge in [-0.05, 0) is 49.7 Å². The highest BCUT2D eigenvalue weighted by Crippen LogP contribution is 2.41. The molecule has 4 rings (SSSR count). The maximum absolute atomic E-state index is 5.41. The molecule has 1 N–H and O–H groups in total. The second-order valence-corrected chi connectivity index (χ2v) is 9.15. The van der Waals surface area contributed by atoms with Crippen LogP contribution in [-0.2, 0) is 19.3 Å². The molecule has 0 aliphatic rings. The molecule has 33 heavy (non-hydrogen) atoms. The SMILES string of the molecule is CCCCc1nc(CCCC)c2c(-c3ccccc3)c(CCCC)[nH]c2c1-c1ccccc1. The summed E-state index contributed by atoms with van der Waals surface area (Å²) in [7, 11) is 0. The van der Waals surface area contributed by atoms with Crippen LogP contribution in [0.4, 0.5) is 0 Å². The summed E-state index contributed by atoms with van der Waals surface area (Å²) in [5.74, 6) is 0. The van der Waals surface area contributed by atoms with Gasteiger partial charge >= 0.3 is 0 Å². The lowest BCUT2D eigenvalue weighted by Crippen LogP contribution is -2.02. The average molecular weight is 439 g/mol. The molecule has 0 aliphatic heterocycles. The molecule has 2 aromatic heterocycles. The Morgan fingerprint density at radius 3 is 1.70 bits per heavy atom. The van der Waals surface area contributed by atoms with E-state index in [1.807, 2.05) is 0 Å². The second kappa shape index (κ2) is 11.3. The summed E-state index contributed by atoms with van der Waals surface area (Å²) >= 11 is 0. The number of unbranched alkanes of at least 4 members (excludes halogenated alkanes) is 3. The van der Waals surface area contributed by atoms with Gasteiger partial charge in [0.25, 0.3) is 0 Å². The number of pyridine rings is 1. The Morgan fingerprint density at radius 2 is 1.12 bits per heavy atom. The highest BCUT2D eigenvalue weighted by atomic mass is 14.8. The van der Waals surface area contributed by atoms with Crippen LogP contribution in [0.2, 0.25) is 0 Å². The number of H-pyrrole nitrogens is 1. The van der Waals surface area contributed by atoms with Gasteiger partial charge < -0.3 is 4.98 Å². The van der Waals surface area contributed by atoms with E-state index in [1.165, 1.54) is 88.8 Å². The molecule has 0 radical (unpaired) electrons. The van der Waals surface area contributed by atoms with Crippen LogP contribution in [0, 0.1) is 0 Å². The molecule has 0 saturated heterocycles. The molecule has 0 atom stereocenters. The standard InChI is InChI=1S/C31H38N2/c1-4-7-20-25-28(23-16-12-10-13-17-23)30-27(22-9-6-3)32-26(21-8-5-2)29(31(30)33-25)24-18-14-11-15-19-24/h10-19,33H,4-9,20-22H2,1-3H3. The summed E-state index contributed by atoms with van der Waals surface area (Å²) in [5, 5.41) is 1.35. The molecule has 0 saturated carbocycles. The molecule has 0 unspecified atom stereocenters. The predicted octanol–water partition coefficient (Wildman–Crippen LogP) is 8.92. The molecule has 0 aliphatic carbocycles. The lowest BCUT2D eigenvalue weighted by atomic mass is 9.93. The fourth-order valence-corrected chi connectivity index (χ4v) is 4.88. The highest BCUT2D eigenvalue weighted by Gasteiger charge is 2.23. The maximum Gasteiger partial charge on any atom is 0.0579 e. The van der Waals surface area contributed by atoms with Crippen LogP contribution in [0.15, 0.2) is 60.7 Å². The predicted molar refractivity (Wildman–Crippen MR) is 143 cm³/mol. The molecule has 2 heterocycles. The Kier molecular flexibility index (Phi) is 7.99. The zero-order chi connectivity index (χ0) is 23.0. The third kappa shape index (κ3) is 5.05. The largest absolute Gasteiger partial charge is 0.357 e. The summed E-state index contributed by atoms with van der Waals surface area (Å²) in [6.45, 7) is 6.82. The van der Waals surface area contributed by atoms with Crippen LogP contribution < -0.4 is 0 Å². The summed E-state index contributed by atoms with van der Waals surface area (Å²) < 4.78 is 0. The molecule has 172 valence electrons. The van der Waals surface area contributed by atoms with E-state index >= 15 is 0 Å². The van der Waals surface area contributed by atoms with E-state index in [0.29, 0.717) is 0 Å². The van der Waals surface area contributed by atoms with E-state index in [9.17, 15) is 0 Å². The fourth-order valence-electron chi connectivity index (χ4n) is 4.88. The summed E-state index contributed by atoms with van der Waals surface area (Å²) in [4.78, 5) is 9.37. The minimum atomic E-state index is 1.03. The van der Waals surface area contributed by atoms with E-state index < -0.39 is 0 Å². The quantitative estimate of drug-likeness (QED) is 0.249. The Balaban J connectivity index is 2.07. The van der Waals surface area contributed by atoms with Crippen LogP contribution in [0.3, 0.4) is 0 Å². The van der Waals surface area contributed by atoms with Crippen molar-refractivity contribution in [1.82, 2.24) is 9.97 Å². The molecule has 2 heteroatoms. The normalized spacial score (nSPS) is 11.4. The number of nitrogens with one attached hydrogen (secondary N) is 1. The van der Waals surface area contributed by atoms with Crippen molar-refractivity contribution in [2.24, 2.45) is 0 Å². The second-order valence-electron chi connectivity index (χ2n) is 9.15. The molecular weight excluding hydrogens is 400 g/mol. The number of aromatic nitrogens is 2. The van der Waals surface area contributed by atoms with Gasteiger partial charge in [0.2, 0.25) is 0 Å². The third-order valence-electron chi connectivity index (χ3n) is 6.61. The fraction of sp³-hybridized carbons (Fsp3) is 0.387. The van der Waals surface area contributed by atoms with E-state index in [2.05, 4.69) is 86.4 Å². The van der Waals surface area contributed by atoms with Gasteiger partial charge in [0.1, 0.15) is 0 Å². The first kappa shape index (κ1) is 23.3. The Bertz CT molecular complexity index is 1160. The minimum absolute atomic E-state index is 1.03. The van der Waals surface area contributed by atoms with Crippen molar-refractivity contribution in [1.29, 1.82) is 0 Å². The lowest BCUT2D eigenvalue weighted by molar-refractivity contribution is 0.752. The van der Waals surface area contributed by atoms with Gasteiger partial charge in [-0.3, -0.25) is 4.98 Å². The van der Waals surface area contributed by atoms with E-state index in [-0.39, 0.29) is 0 Å². The van der Waals surface area contributed by atoms with Crippen molar-refractivity contribution in [2.45, 2.75) is 78.6 Å². The van der Waals surface area contributed by atoms with E-state index in [1.54, 1.807) is 0 Å². The number of aryl methyl sites for hydroxylation is 3. The molecule has 4 aromatic rings. The van der Waals surface area contributed by atoms with Crippen LogP contribution >= 0.6 is 0 Å². The summed E-state index contributed by atoms with van der Waals surface area (Å²) in [5.41, 5.74) is 10.4. The minimum Gasteiger partial charge on any atom is -0.357 e. The van der Waals surface area contributed by atoms with Crippen molar-refractivity contribution >= 4 is 10.9 Å². The number of hydrogen-bond donors (Lipinski definition) is 1. The average Bonchev–Trinajstić information content (AvgIpc) is 3.24. The maximum atomic E-state index is 5.41. The molecule has 0 amide bonds. The first-order valence-electron chi connectivity index (χ1n) is 13.0. The van der Waals surface area contributed by atoms with Gasteiger partial charge in [-0.25, -0.2) is 0 Å². The first-order valence-corrected chi connectivity index (χ1v) is 13.0. The van der Waals surface area contributed by atoms with Crippen molar-refractivity contribution in [2.75, 3.05) is 0 Å². The summed E-state index contributed by atoms with van der Waals surface area (Å²) in [6.07, 6.45) is 10.2.